The van der Waals surface area contributed by atoms with Gasteiger partial charge < -0.3 is 4.74 Å². The highest BCUT2D eigenvalue weighted by Gasteiger charge is 2.28. The number of ether oxygens (including phenoxy) is 1. The summed E-state index contributed by atoms with van der Waals surface area (Å²) in [6.45, 7) is 0.131. The summed E-state index contributed by atoms with van der Waals surface area (Å²) >= 11 is 1.04. The quantitative estimate of drug-likeness (QED) is 0.603. The van der Waals surface area contributed by atoms with E-state index in [-0.39, 0.29) is 16.3 Å². The normalized spacial score (nSPS) is 11.7. The minimum absolute atomic E-state index is 0.0488. The van der Waals surface area contributed by atoms with Crippen molar-refractivity contribution < 1.29 is 17.9 Å². The van der Waals surface area contributed by atoms with Crippen LogP contribution in [0.5, 0.6) is 0 Å². The molecule has 0 aliphatic rings. The number of thiophene rings is 1. The van der Waals surface area contributed by atoms with Crippen molar-refractivity contribution in [1.29, 1.82) is 0 Å². The van der Waals surface area contributed by atoms with Gasteiger partial charge in [-0.1, -0.05) is 18.2 Å². The summed E-state index contributed by atoms with van der Waals surface area (Å²) in [5.41, 5.74) is 1.62. The Labute approximate surface area is 155 Å². The van der Waals surface area contributed by atoms with E-state index in [0.717, 1.165) is 22.6 Å². The van der Waals surface area contributed by atoms with Crippen molar-refractivity contribution in [3.63, 3.8) is 0 Å². The first-order valence-electron chi connectivity index (χ1n) is 7.64. The average molecular weight is 391 g/mol. The first-order chi connectivity index (χ1) is 12.4. The molecule has 26 heavy (non-hydrogen) atoms. The van der Waals surface area contributed by atoms with Gasteiger partial charge in [0.1, 0.15) is 9.77 Å². The summed E-state index contributed by atoms with van der Waals surface area (Å²) < 4.78 is 33.2. The minimum Gasteiger partial charge on any atom is -0.465 e. The van der Waals surface area contributed by atoms with E-state index in [9.17, 15) is 13.2 Å². The van der Waals surface area contributed by atoms with Crippen LogP contribution in [0.2, 0.25) is 0 Å². The molecule has 7 nitrogen and oxygen atoms in total. The Bertz CT molecular complexity index is 1010. The summed E-state index contributed by atoms with van der Waals surface area (Å²) in [7, 11) is -1.14. The molecule has 0 unspecified atom stereocenters. The molecule has 2 heterocycles. The first-order valence-corrected chi connectivity index (χ1v) is 9.96. The number of carbonyl (C=O) groups is 1. The number of rotatable bonds is 6. The lowest BCUT2D eigenvalue weighted by Crippen LogP contribution is -2.27. The lowest BCUT2D eigenvalue weighted by atomic mass is 10.3. The van der Waals surface area contributed by atoms with E-state index in [0.29, 0.717) is 0 Å². The number of methoxy groups -OCH3 is 1. The lowest BCUT2D eigenvalue weighted by molar-refractivity contribution is 0.0602. The van der Waals surface area contributed by atoms with E-state index in [1.54, 1.807) is 22.5 Å². The number of esters is 1. The van der Waals surface area contributed by atoms with Crippen molar-refractivity contribution >= 4 is 27.3 Å². The molecule has 2 aromatic heterocycles. The molecular formula is C17H17N3O4S2. The molecule has 9 heteroatoms. The van der Waals surface area contributed by atoms with Crippen LogP contribution in [0.15, 0.2) is 59.1 Å². The molecule has 0 N–H and O–H groups in total. The second-order valence-electron chi connectivity index (χ2n) is 5.50. The molecule has 0 fully saturated rings. The zero-order chi connectivity index (χ0) is 18.7. The largest absolute Gasteiger partial charge is 0.465 e. The molecule has 0 saturated carbocycles. The summed E-state index contributed by atoms with van der Waals surface area (Å²) in [5, 5.41) is 5.82. The van der Waals surface area contributed by atoms with Gasteiger partial charge in [-0.3, -0.25) is 0 Å². The van der Waals surface area contributed by atoms with Gasteiger partial charge in [-0.15, -0.1) is 11.3 Å². The van der Waals surface area contributed by atoms with Gasteiger partial charge in [0.15, 0.2) is 0 Å². The van der Waals surface area contributed by atoms with Crippen LogP contribution in [0, 0.1) is 0 Å². The van der Waals surface area contributed by atoms with Crippen molar-refractivity contribution in [2.75, 3.05) is 14.2 Å². The number of benzene rings is 1. The molecule has 3 rings (SSSR count). The van der Waals surface area contributed by atoms with Crippen LogP contribution in [0.3, 0.4) is 0 Å². The van der Waals surface area contributed by atoms with E-state index >= 15 is 0 Å². The number of hydrogen-bond donors (Lipinski definition) is 0. The second kappa shape index (κ2) is 7.40. The SMILES string of the molecule is COC(=O)c1sccc1S(=O)(=O)N(C)Cc1cnn(-c2ccccc2)c1. The zero-order valence-corrected chi connectivity index (χ0v) is 15.8. The second-order valence-corrected chi connectivity index (χ2v) is 8.42. The third kappa shape index (κ3) is 3.55. The zero-order valence-electron chi connectivity index (χ0n) is 14.2. The Morgan fingerprint density at radius 2 is 2.00 bits per heavy atom. The van der Waals surface area contributed by atoms with E-state index in [1.807, 2.05) is 30.3 Å². The fraction of sp³-hybridized carbons (Fsp3) is 0.176. The van der Waals surface area contributed by atoms with Gasteiger partial charge in [-0.25, -0.2) is 17.9 Å². The molecule has 0 radical (unpaired) electrons. The molecule has 1 aromatic carbocycles. The third-order valence-electron chi connectivity index (χ3n) is 3.75. The van der Waals surface area contributed by atoms with Crippen molar-refractivity contribution in [2.45, 2.75) is 11.4 Å². The molecule has 0 aliphatic heterocycles. The standard InChI is InChI=1S/C17H17N3O4S2/c1-19(26(22,23)15-8-9-25-16(15)17(21)24-2)11-13-10-18-20(12-13)14-6-4-3-5-7-14/h3-10,12H,11H2,1-2H3. The van der Waals surface area contributed by atoms with E-state index in [4.69, 9.17) is 0 Å². The first kappa shape index (κ1) is 18.3. The Balaban J connectivity index is 1.82. The van der Waals surface area contributed by atoms with Crippen molar-refractivity contribution in [1.82, 2.24) is 14.1 Å². The Kier molecular flexibility index (Phi) is 5.21. The monoisotopic (exact) mass is 391 g/mol. The topological polar surface area (TPSA) is 81.5 Å². The van der Waals surface area contributed by atoms with Crippen LogP contribution in [0.25, 0.3) is 5.69 Å². The van der Waals surface area contributed by atoms with Crippen LogP contribution >= 0.6 is 11.3 Å². The van der Waals surface area contributed by atoms with Gasteiger partial charge in [0.25, 0.3) is 0 Å². The average Bonchev–Trinajstić information content (AvgIpc) is 3.31. The lowest BCUT2D eigenvalue weighted by Gasteiger charge is -2.16. The van der Waals surface area contributed by atoms with Gasteiger partial charge in [0.05, 0.1) is 19.0 Å². The van der Waals surface area contributed by atoms with E-state index in [1.165, 1.54) is 24.5 Å². The predicted octanol–water partition coefficient (Wildman–Crippen LogP) is 2.54. The maximum atomic E-state index is 12.8. The molecule has 0 aliphatic carbocycles. The maximum Gasteiger partial charge on any atom is 0.349 e. The number of carbonyl (C=O) groups excluding carboxylic acids is 1. The molecule has 0 bridgehead atoms. The van der Waals surface area contributed by atoms with Crippen molar-refractivity contribution in [3.05, 3.63) is 64.6 Å². The Morgan fingerprint density at radius 3 is 2.69 bits per heavy atom. The molecule has 0 amide bonds. The number of hydrogen-bond acceptors (Lipinski definition) is 6. The summed E-state index contributed by atoms with van der Waals surface area (Å²) in [6, 6.07) is 10.9. The molecular weight excluding hydrogens is 374 g/mol. The van der Waals surface area contributed by atoms with Crippen LogP contribution in [0.1, 0.15) is 15.2 Å². The number of nitrogens with zero attached hydrogens (tertiary/aromatic N) is 3. The number of para-hydroxylation sites is 1. The fourth-order valence-electron chi connectivity index (χ4n) is 2.42. The molecule has 0 atom stereocenters. The molecule has 136 valence electrons. The summed E-state index contributed by atoms with van der Waals surface area (Å²) in [5.74, 6) is -0.663. The fourth-order valence-corrected chi connectivity index (χ4v) is 4.88. The Morgan fingerprint density at radius 1 is 1.27 bits per heavy atom. The van der Waals surface area contributed by atoms with Crippen LogP contribution in [-0.4, -0.2) is 42.6 Å². The number of aromatic nitrogens is 2. The minimum atomic E-state index is -3.83. The molecule has 0 saturated heterocycles. The highest BCUT2D eigenvalue weighted by molar-refractivity contribution is 7.89. The Hall–Kier alpha value is -2.49. The number of sulfonamides is 1. The van der Waals surface area contributed by atoms with Gasteiger partial charge in [0.2, 0.25) is 10.0 Å². The van der Waals surface area contributed by atoms with Gasteiger partial charge in [-0.2, -0.15) is 9.40 Å². The van der Waals surface area contributed by atoms with Gasteiger partial charge in [-0.05, 0) is 23.6 Å². The maximum absolute atomic E-state index is 12.8. The predicted molar refractivity (Wildman–Crippen MR) is 97.9 cm³/mol. The van der Waals surface area contributed by atoms with Gasteiger partial charge in [0, 0.05) is 25.4 Å². The summed E-state index contributed by atoms with van der Waals surface area (Å²) in [6.07, 6.45) is 3.39. The smallest absolute Gasteiger partial charge is 0.349 e. The van der Waals surface area contributed by atoms with Crippen LogP contribution in [0.4, 0.5) is 0 Å². The summed E-state index contributed by atoms with van der Waals surface area (Å²) in [4.78, 5) is 11.8. The molecule has 3 aromatic rings. The van der Waals surface area contributed by atoms with E-state index in [2.05, 4.69) is 9.84 Å². The highest BCUT2D eigenvalue weighted by Crippen LogP contribution is 2.26. The van der Waals surface area contributed by atoms with Crippen LogP contribution in [-0.2, 0) is 21.3 Å². The van der Waals surface area contributed by atoms with E-state index < -0.39 is 16.0 Å². The highest BCUT2D eigenvalue weighted by atomic mass is 32.2. The van der Waals surface area contributed by atoms with Crippen LogP contribution < -0.4 is 0 Å². The molecule has 0 spiro atoms. The van der Waals surface area contributed by atoms with Crippen molar-refractivity contribution in [2.24, 2.45) is 0 Å². The third-order valence-corrected chi connectivity index (χ3v) is 6.62. The van der Waals surface area contributed by atoms with Gasteiger partial charge >= 0.3 is 5.97 Å². The van der Waals surface area contributed by atoms with Crippen molar-refractivity contribution in [3.8, 4) is 5.69 Å².